The van der Waals surface area contributed by atoms with Gasteiger partial charge in [-0.25, -0.2) is 9.07 Å². The molecule has 0 aliphatic carbocycles. The van der Waals surface area contributed by atoms with Crippen molar-refractivity contribution in [1.82, 2.24) is 20.2 Å². The molecule has 0 radical (unpaired) electrons. The molecule has 1 aromatic carbocycles. The normalized spacial score (nSPS) is 10.6. The second-order valence-corrected chi connectivity index (χ2v) is 3.92. The van der Waals surface area contributed by atoms with Crippen molar-refractivity contribution in [3.63, 3.8) is 0 Å². The molecule has 0 aliphatic rings. The molecule has 0 spiro atoms. The predicted octanol–water partition coefficient (Wildman–Crippen LogP) is 2.19. The Morgan fingerprint density at radius 2 is 2.28 bits per heavy atom. The first-order valence-corrected chi connectivity index (χ1v) is 5.93. The largest absolute Gasteiger partial charge is 0.485 e. The number of aryl methyl sites for hydroxylation is 1. The molecule has 0 amide bonds. The number of aromatic nitrogens is 4. The summed E-state index contributed by atoms with van der Waals surface area (Å²) in [4.78, 5) is 0. The number of hydrogen-bond donors (Lipinski definition) is 0. The lowest BCUT2D eigenvalue weighted by molar-refractivity contribution is 0.284. The van der Waals surface area contributed by atoms with Gasteiger partial charge in [0.05, 0.1) is 0 Å². The summed E-state index contributed by atoms with van der Waals surface area (Å²) >= 11 is 0. The highest BCUT2D eigenvalue weighted by atomic mass is 19.1. The van der Waals surface area contributed by atoms with Crippen LogP contribution in [0, 0.1) is 5.82 Å². The van der Waals surface area contributed by atoms with Crippen molar-refractivity contribution in [3.8, 4) is 5.75 Å². The minimum atomic E-state index is -0.321. The maximum absolute atomic E-state index is 13.0. The van der Waals surface area contributed by atoms with E-state index in [1.54, 1.807) is 16.8 Å². The Morgan fingerprint density at radius 3 is 3.06 bits per heavy atom. The lowest BCUT2D eigenvalue weighted by Gasteiger charge is -2.06. The van der Waals surface area contributed by atoms with Gasteiger partial charge in [-0.05, 0) is 29.0 Å². The molecule has 0 atom stereocenters. The Labute approximate surface area is 105 Å². The fraction of sp³-hybridized carbons (Fsp3) is 0.417. The molecule has 1 heterocycles. The maximum Gasteiger partial charge on any atom is 0.189 e. The molecular formula is C12H15FN4O. The summed E-state index contributed by atoms with van der Waals surface area (Å²) in [5.41, 5.74) is 0. The van der Waals surface area contributed by atoms with Crippen LogP contribution >= 0.6 is 0 Å². The van der Waals surface area contributed by atoms with E-state index in [1.165, 1.54) is 12.1 Å². The van der Waals surface area contributed by atoms with Crippen molar-refractivity contribution >= 4 is 0 Å². The van der Waals surface area contributed by atoms with Crippen LogP contribution < -0.4 is 4.74 Å². The van der Waals surface area contributed by atoms with E-state index in [-0.39, 0.29) is 12.4 Å². The molecule has 0 saturated carbocycles. The highest BCUT2D eigenvalue weighted by Crippen LogP contribution is 2.13. The summed E-state index contributed by atoms with van der Waals surface area (Å²) in [6.45, 7) is 3.11. The first-order valence-electron chi connectivity index (χ1n) is 5.93. The van der Waals surface area contributed by atoms with Gasteiger partial charge in [0, 0.05) is 12.6 Å². The molecule has 0 N–H and O–H groups in total. The molecule has 6 heteroatoms. The molecule has 0 unspecified atom stereocenters. The van der Waals surface area contributed by atoms with Gasteiger partial charge in [-0.15, -0.1) is 5.10 Å². The molecule has 0 bridgehead atoms. The standard InChI is InChI=1S/C12H15FN4O/c1-2-3-7-17-12(14-15-16-17)9-18-11-6-4-5-10(13)8-11/h4-6,8H,2-3,7,9H2,1H3. The van der Waals surface area contributed by atoms with Crippen molar-refractivity contribution in [3.05, 3.63) is 35.9 Å². The number of rotatable bonds is 6. The number of benzene rings is 1. The summed E-state index contributed by atoms with van der Waals surface area (Å²) in [5, 5.41) is 11.4. The quantitative estimate of drug-likeness (QED) is 0.788. The number of nitrogens with zero attached hydrogens (tertiary/aromatic N) is 4. The van der Waals surface area contributed by atoms with Gasteiger partial charge in [0.25, 0.3) is 0 Å². The van der Waals surface area contributed by atoms with Crippen LogP contribution in [0.25, 0.3) is 0 Å². The minimum absolute atomic E-state index is 0.236. The Morgan fingerprint density at radius 1 is 1.39 bits per heavy atom. The topological polar surface area (TPSA) is 52.8 Å². The van der Waals surface area contributed by atoms with Gasteiger partial charge in [-0.2, -0.15) is 0 Å². The summed E-state index contributed by atoms with van der Waals surface area (Å²) < 4.78 is 20.1. The summed E-state index contributed by atoms with van der Waals surface area (Å²) in [6, 6.07) is 6.01. The smallest absolute Gasteiger partial charge is 0.189 e. The molecule has 2 rings (SSSR count). The van der Waals surface area contributed by atoms with Gasteiger partial charge < -0.3 is 4.74 Å². The van der Waals surface area contributed by atoms with Crippen LogP contribution in [-0.4, -0.2) is 20.2 Å². The Hall–Kier alpha value is -1.98. The van der Waals surface area contributed by atoms with Crippen molar-refractivity contribution < 1.29 is 9.13 Å². The third-order valence-electron chi connectivity index (χ3n) is 2.49. The van der Waals surface area contributed by atoms with E-state index in [0.29, 0.717) is 11.6 Å². The maximum atomic E-state index is 13.0. The Kier molecular flexibility index (Phi) is 4.22. The van der Waals surface area contributed by atoms with E-state index in [1.807, 2.05) is 0 Å². The zero-order valence-corrected chi connectivity index (χ0v) is 10.2. The van der Waals surface area contributed by atoms with Gasteiger partial charge in [0.15, 0.2) is 5.82 Å². The van der Waals surface area contributed by atoms with Crippen molar-refractivity contribution in [2.75, 3.05) is 0 Å². The molecule has 0 fully saturated rings. The summed E-state index contributed by atoms with van der Waals surface area (Å²) in [7, 11) is 0. The van der Waals surface area contributed by atoms with Crippen LogP contribution in [0.3, 0.4) is 0 Å². The van der Waals surface area contributed by atoms with Crippen molar-refractivity contribution in [1.29, 1.82) is 0 Å². The van der Waals surface area contributed by atoms with E-state index in [2.05, 4.69) is 22.4 Å². The Balaban J connectivity index is 1.95. The van der Waals surface area contributed by atoms with E-state index < -0.39 is 0 Å². The van der Waals surface area contributed by atoms with Gasteiger partial charge >= 0.3 is 0 Å². The molecule has 1 aromatic heterocycles. The molecule has 0 saturated heterocycles. The monoisotopic (exact) mass is 250 g/mol. The number of tetrazole rings is 1. The summed E-state index contributed by atoms with van der Waals surface area (Å²) in [5.74, 6) is 0.797. The number of ether oxygens (including phenoxy) is 1. The van der Waals surface area contributed by atoms with Crippen molar-refractivity contribution in [2.24, 2.45) is 0 Å². The SMILES string of the molecule is CCCCn1nnnc1COc1cccc(F)c1. The van der Waals surface area contributed by atoms with Crippen LogP contribution in [-0.2, 0) is 13.2 Å². The van der Waals surface area contributed by atoms with Gasteiger partial charge in [0.2, 0.25) is 0 Å². The average molecular weight is 250 g/mol. The first-order chi connectivity index (χ1) is 8.79. The third-order valence-corrected chi connectivity index (χ3v) is 2.49. The molecule has 96 valence electrons. The summed E-state index contributed by atoms with van der Waals surface area (Å²) in [6.07, 6.45) is 2.09. The van der Waals surface area contributed by atoms with Crippen LogP contribution in [0.1, 0.15) is 25.6 Å². The number of hydrogen-bond acceptors (Lipinski definition) is 4. The zero-order chi connectivity index (χ0) is 12.8. The Bertz CT molecular complexity index is 500. The third kappa shape index (κ3) is 3.26. The molecular weight excluding hydrogens is 235 g/mol. The molecule has 0 aliphatic heterocycles. The highest BCUT2D eigenvalue weighted by Gasteiger charge is 2.06. The zero-order valence-electron chi connectivity index (χ0n) is 10.2. The van der Waals surface area contributed by atoms with E-state index in [9.17, 15) is 4.39 Å². The van der Waals surface area contributed by atoms with Crippen LogP contribution in [0.5, 0.6) is 5.75 Å². The van der Waals surface area contributed by atoms with Gasteiger partial charge in [-0.1, -0.05) is 19.4 Å². The second-order valence-electron chi connectivity index (χ2n) is 3.92. The van der Waals surface area contributed by atoms with Gasteiger partial charge in [-0.3, -0.25) is 0 Å². The predicted molar refractivity (Wildman–Crippen MR) is 63.5 cm³/mol. The average Bonchev–Trinajstić information content (AvgIpc) is 2.81. The lowest BCUT2D eigenvalue weighted by Crippen LogP contribution is -2.09. The highest BCUT2D eigenvalue weighted by molar-refractivity contribution is 5.22. The molecule has 5 nitrogen and oxygen atoms in total. The molecule has 2 aromatic rings. The van der Waals surface area contributed by atoms with E-state index in [4.69, 9.17) is 4.74 Å². The van der Waals surface area contributed by atoms with E-state index >= 15 is 0 Å². The second kappa shape index (κ2) is 6.09. The lowest BCUT2D eigenvalue weighted by atomic mass is 10.3. The minimum Gasteiger partial charge on any atom is -0.485 e. The van der Waals surface area contributed by atoms with Gasteiger partial charge in [0.1, 0.15) is 18.2 Å². The number of unbranched alkanes of at least 4 members (excludes halogenated alkanes) is 1. The first kappa shape index (κ1) is 12.5. The fourth-order valence-electron chi connectivity index (χ4n) is 1.51. The van der Waals surface area contributed by atoms with Crippen LogP contribution in [0.2, 0.25) is 0 Å². The number of halogens is 1. The van der Waals surface area contributed by atoms with E-state index in [0.717, 1.165) is 19.4 Å². The van der Waals surface area contributed by atoms with Crippen LogP contribution in [0.4, 0.5) is 4.39 Å². The van der Waals surface area contributed by atoms with Crippen LogP contribution in [0.15, 0.2) is 24.3 Å². The molecule has 18 heavy (non-hydrogen) atoms. The van der Waals surface area contributed by atoms with Crippen molar-refractivity contribution in [2.45, 2.75) is 32.9 Å². The fourth-order valence-corrected chi connectivity index (χ4v) is 1.51.